The molecule has 0 saturated carbocycles. The second kappa shape index (κ2) is 6.65. The zero-order chi connectivity index (χ0) is 20.1. The van der Waals surface area contributed by atoms with Gasteiger partial charge in [-0.1, -0.05) is 0 Å². The predicted octanol–water partition coefficient (Wildman–Crippen LogP) is 3.10. The van der Waals surface area contributed by atoms with Crippen molar-refractivity contribution in [3.8, 4) is 16.9 Å². The van der Waals surface area contributed by atoms with E-state index in [0.29, 0.717) is 13.0 Å². The van der Waals surface area contributed by atoms with E-state index < -0.39 is 0 Å². The van der Waals surface area contributed by atoms with Crippen LogP contribution in [0.2, 0.25) is 0 Å². The molecule has 7 nitrogen and oxygen atoms in total. The van der Waals surface area contributed by atoms with Gasteiger partial charge in [0.25, 0.3) is 0 Å². The fraction of sp³-hybridized carbons (Fsp3) is 0.476. The van der Waals surface area contributed by atoms with Gasteiger partial charge >= 0.3 is 0 Å². The van der Waals surface area contributed by atoms with Gasteiger partial charge in [0.2, 0.25) is 5.91 Å². The lowest BCUT2D eigenvalue weighted by molar-refractivity contribution is -0.119. The van der Waals surface area contributed by atoms with Crippen molar-refractivity contribution >= 4 is 16.9 Å². The molecule has 1 saturated heterocycles. The third kappa shape index (κ3) is 3.37. The first kappa shape index (κ1) is 18.5. The van der Waals surface area contributed by atoms with Gasteiger partial charge in [-0.15, -0.1) is 0 Å². The molecule has 0 aliphatic carbocycles. The first-order valence-electron chi connectivity index (χ1n) is 9.66. The summed E-state index contributed by atoms with van der Waals surface area (Å²) in [5.74, 6) is 1.04. The van der Waals surface area contributed by atoms with Crippen LogP contribution in [0.4, 0.5) is 0 Å². The minimum Gasteiger partial charge on any atom is -0.488 e. The third-order valence-corrected chi connectivity index (χ3v) is 5.37. The molecule has 1 aromatic carbocycles. The topological polar surface area (TPSA) is 74.0 Å². The summed E-state index contributed by atoms with van der Waals surface area (Å²) in [5, 5.41) is 7.40. The van der Waals surface area contributed by atoms with Crippen LogP contribution in [-0.4, -0.2) is 37.9 Å². The molecule has 148 valence electrons. The maximum absolute atomic E-state index is 11.6. The van der Waals surface area contributed by atoms with Crippen molar-refractivity contribution in [2.75, 3.05) is 6.54 Å². The summed E-state index contributed by atoms with van der Waals surface area (Å²) in [4.78, 5) is 16.1. The summed E-state index contributed by atoms with van der Waals surface area (Å²) in [6.07, 6.45) is 6.15. The second-order valence-corrected chi connectivity index (χ2v) is 8.63. The number of ether oxygens (including phenoxy) is 1. The SMILES string of the molecule is C[C@@H](Oc1cc(-c2cnn(C(C)(C)C)c2)cc2ncn(C)c12)[C@H]1CNC(=O)C1. The van der Waals surface area contributed by atoms with E-state index in [9.17, 15) is 4.79 Å². The average Bonchev–Trinajstić information content (AvgIpc) is 3.34. The van der Waals surface area contributed by atoms with E-state index in [1.807, 2.05) is 29.4 Å². The number of fused-ring (bicyclic) bond motifs is 1. The van der Waals surface area contributed by atoms with Crippen LogP contribution in [-0.2, 0) is 17.4 Å². The molecule has 1 fully saturated rings. The molecule has 3 aromatic rings. The summed E-state index contributed by atoms with van der Waals surface area (Å²) < 4.78 is 10.3. The number of rotatable bonds is 4. The lowest BCUT2D eigenvalue weighted by atomic mass is 10.0. The molecule has 7 heteroatoms. The zero-order valence-electron chi connectivity index (χ0n) is 17.1. The van der Waals surface area contributed by atoms with Crippen molar-refractivity contribution in [1.29, 1.82) is 0 Å². The number of benzene rings is 1. The standard InChI is InChI=1S/C21H27N5O2/c1-13(15-8-19(27)22-9-15)28-18-7-14(6-17-20(18)25(5)12-23-17)16-10-24-26(11-16)21(2,3)4/h6-7,10-13,15H,8-9H2,1-5H3,(H,22,27)/t13-,15-/m1/s1. The number of aryl methyl sites for hydroxylation is 1. The molecule has 0 unspecified atom stereocenters. The molecule has 1 aliphatic rings. The first-order valence-corrected chi connectivity index (χ1v) is 9.66. The maximum Gasteiger partial charge on any atom is 0.220 e. The first-order chi connectivity index (χ1) is 13.2. The Hall–Kier alpha value is -2.83. The number of nitrogens with one attached hydrogen (secondary N) is 1. The van der Waals surface area contributed by atoms with Gasteiger partial charge in [-0.05, 0) is 45.4 Å². The quantitative estimate of drug-likeness (QED) is 0.754. The van der Waals surface area contributed by atoms with Crippen molar-refractivity contribution in [1.82, 2.24) is 24.6 Å². The van der Waals surface area contributed by atoms with Crippen LogP contribution < -0.4 is 10.1 Å². The largest absolute Gasteiger partial charge is 0.488 e. The van der Waals surface area contributed by atoms with Crippen LogP contribution >= 0.6 is 0 Å². The van der Waals surface area contributed by atoms with Crippen LogP contribution in [0, 0.1) is 5.92 Å². The van der Waals surface area contributed by atoms with Crippen LogP contribution in [0.5, 0.6) is 5.75 Å². The Bertz CT molecular complexity index is 1030. The summed E-state index contributed by atoms with van der Waals surface area (Å²) >= 11 is 0. The molecule has 1 aliphatic heterocycles. The highest BCUT2D eigenvalue weighted by molar-refractivity contribution is 5.87. The van der Waals surface area contributed by atoms with E-state index in [1.54, 1.807) is 6.33 Å². The number of carbonyl (C=O) groups excluding carboxylic acids is 1. The van der Waals surface area contributed by atoms with Crippen LogP contribution in [0.15, 0.2) is 30.9 Å². The predicted molar refractivity (Wildman–Crippen MR) is 108 cm³/mol. The lowest BCUT2D eigenvalue weighted by Crippen LogP contribution is -2.25. The number of hydrogen-bond acceptors (Lipinski definition) is 4. The summed E-state index contributed by atoms with van der Waals surface area (Å²) in [6, 6.07) is 4.12. The van der Waals surface area contributed by atoms with Crippen LogP contribution in [0.1, 0.15) is 34.1 Å². The van der Waals surface area contributed by atoms with Crippen molar-refractivity contribution in [2.45, 2.75) is 45.8 Å². The third-order valence-electron chi connectivity index (χ3n) is 5.37. The van der Waals surface area contributed by atoms with Gasteiger partial charge in [0, 0.05) is 37.7 Å². The van der Waals surface area contributed by atoms with Crippen molar-refractivity contribution in [2.24, 2.45) is 13.0 Å². The van der Waals surface area contributed by atoms with Gasteiger partial charge in [-0.2, -0.15) is 5.10 Å². The van der Waals surface area contributed by atoms with E-state index in [4.69, 9.17) is 4.74 Å². The highest BCUT2D eigenvalue weighted by atomic mass is 16.5. The number of amides is 1. The summed E-state index contributed by atoms with van der Waals surface area (Å²) in [7, 11) is 1.96. The van der Waals surface area contributed by atoms with Crippen molar-refractivity contribution in [3.05, 3.63) is 30.9 Å². The Morgan fingerprint density at radius 3 is 2.71 bits per heavy atom. The number of imidazole rings is 1. The number of nitrogens with zero attached hydrogens (tertiary/aromatic N) is 4. The minimum absolute atomic E-state index is 0.0791. The van der Waals surface area contributed by atoms with Gasteiger partial charge in [0.15, 0.2) is 0 Å². The van der Waals surface area contributed by atoms with Gasteiger partial charge in [0.1, 0.15) is 17.4 Å². The average molecular weight is 381 g/mol. The summed E-state index contributed by atoms with van der Waals surface area (Å²) in [6.45, 7) is 9.06. The fourth-order valence-corrected chi connectivity index (χ4v) is 3.60. The molecule has 1 N–H and O–H groups in total. The van der Waals surface area contributed by atoms with E-state index in [0.717, 1.165) is 27.9 Å². The normalized spacial score (nSPS) is 18.5. The molecular formula is C21H27N5O2. The smallest absolute Gasteiger partial charge is 0.220 e. The molecule has 0 radical (unpaired) electrons. The van der Waals surface area contributed by atoms with Crippen LogP contribution in [0.25, 0.3) is 22.2 Å². The molecule has 0 spiro atoms. The number of aromatic nitrogens is 4. The second-order valence-electron chi connectivity index (χ2n) is 8.63. The molecule has 0 bridgehead atoms. The zero-order valence-corrected chi connectivity index (χ0v) is 17.1. The van der Waals surface area contributed by atoms with Crippen molar-refractivity contribution < 1.29 is 9.53 Å². The van der Waals surface area contributed by atoms with Crippen molar-refractivity contribution in [3.63, 3.8) is 0 Å². The lowest BCUT2D eigenvalue weighted by Gasteiger charge is -2.21. The van der Waals surface area contributed by atoms with Gasteiger partial charge in [-0.3, -0.25) is 9.48 Å². The highest BCUT2D eigenvalue weighted by Gasteiger charge is 2.28. The minimum atomic E-state index is -0.0802. The fourth-order valence-electron chi connectivity index (χ4n) is 3.60. The monoisotopic (exact) mass is 381 g/mol. The highest BCUT2D eigenvalue weighted by Crippen LogP contribution is 2.34. The van der Waals surface area contributed by atoms with Crippen LogP contribution in [0.3, 0.4) is 0 Å². The van der Waals surface area contributed by atoms with E-state index in [1.165, 1.54) is 0 Å². The Balaban J connectivity index is 1.72. The molecule has 4 rings (SSSR count). The van der Waals surface area contributed by atoms with Gasteiger partial charge in [0.05, 0.1) is 23.6 Å². The molecule has 2 atom stereocenters. The van der Waals surface area contributed by atoms with E-state index in [-0.39, 0.29) is 23.5 Å². The Kier molecular flexibility index (Phi) is 4.40. The molecule has 1 amide bonds. The molecular weight excluding hydrogens is 354 g/mol. The molecule has 2 aromatic heterocycles. The Morgan fingerprint density at radius 2 is 2.07 bits per heavy atom. The maximum atomic E-state index is 11.6. The van der Waals surface area contributed by atoms with E-state index >= 15 is 0 Å². The Morgan fingerprint density at radius 1 is 1.29 bits per heavy atom. The van der Waals surface area contributed by atoms with E-state index in [2.05, 4.69) is 54.5 Å². The number of carbonyl (C=O) groups is 1. The summed E-state index contributed by atoms with van der Waals surface area (Å²) in [5.41, 5.74) is 3.80. The molecule has 28 heavy (non-hydrogen) atoms. The van der Waals surface area contributed by atoms with Gasteiger partial charge in [-0.25, -0.2) is 4.98 Å². The molecule has 3 heterocycles. The number of hydrogen-bond donors (Lipinski definition) is 1. The van der Waals surface area contributed by atoms with Gasteiger partial charge < -0.3 is 14.6 Å². The Labute approximate surface area is 164 Å².